The highest BCUT2D eigenvalue weighted by molar-refractivity contribution is 5.79. The molecule has 0 aliphatic rings. The third-order valence-corrected chi connectivity index (χ3v) is 3.23. The van der Waals surface area contributed by atoms with Crippen LogP contribution in [0.2, 0.25) is 0 Å². The number of fused-ring (bicyclic) bond motifs is 1. The first kappa shape index (κ1) is 12.9. The van der Waals surface area contributed by atoms with Crippen molar-refractivity contribution in [3.63, 3.8) is 0 Å². The highest BCUT2D eigenvalue weighted by atomic mass is 16.5. The van der Waals surface area contributed by atoms with Crippen LogP contribution in [0.1, 0.15) is 11.3 Å². The van der Waals surface area contributed by atoms with Gasteiger partial charge in [0.2, 0.25) is 5.95 Å². The minimum absolute atomic E-state index is 0.268. The number of nitrogens with two attached hydrogens (primary N) is 1. The van der Waals surface area contributed by atoms with E-state index in [0.29, 0.717) is 28.2 Å². The molecule has 3 aromatic rings. The molecular weight excluding hydrogens is 266 g/mol. The molecule has 2 aromatic heterocycles. The van der Waals surface area contributed by atoms with Gasteiger partial charge in [0.05, 0.1) is 12.7 Å². The molecule has 2 N–H and O–H groups in total. The quantitative estimate of drug-likeness (QED) is 0.776. The van der Waals surface area contributed by atoms with Crippen molar-refractivity contribution in [3.05, 3.63) is 41.6 Å². The second-order valence-electron chi connectivity index (χ2n) is 4.57. The fraction of sp³-hybridized carbons (Fsp3) is 0.133. The Balaban J connectivity index is 2.43. The molecule has 0 aliphatic heterocycles. The molecule has 0 aliphatic carbocycles. The van der Waals surface area contributed by atoms with Crippen LogP contribution in [0.5, 0.6) is 5.75 Å². The van der Waals surface area contributed by atoms with Gasteiger partial charge < -0.3 is 10.5 Å². The number of nitriles is 1. The van der Waals surface area contributed by atoms with Crippen LogP contribution in [-0.4, -0.2) is 21.6 Å². The van der Waals surface area contributed by atoms with Crippen LogP contribution in [0.4, 0.5) is 5.95 Å². The van der Waals surface area contributed by atoms with Gasteiger partial charge in [-0.2, -0.15) is 5.26 Å². The van der Waals surface area contributed by atoms with Crippen molar-refractivity contribution in [2.45, 2.75) is 6.92 Å². The highest BCUT2D eigenvalue weighted by Crippen LogP contribution is 2.31. The van der Waals surface area contributed by atoms with Gasteiger partial charge in [-0.3, -0.25) is 4.57 Å². The number of nitrogens with zero attached hydrogens (tertiary/aromatic N) is 4. The van der Waals surface area contributed by atoms with Crippen LogP contribution >= 0.6 is 0 Å². The molecule has 0 unspecified atom stereocenters. The zero-order valence-corrected chi connectivity index (χ0v) is 11.7. The zero-order valence-electron chi connectivity index (χ0n) is 11.7. The normalized spacial score (nSPS) is 10.5. The molecule has 21 heavy (non-hydrogen) atoms. The summed E-state index contributed by atoms with van der Waals surface area (Å²) < 4.78 is 7.02. The Morgan fingerprint density at radius 1 is 1.24 bits per heavy atom. The van der Waals surface area contributed by atoms with Gasteiger partial charge in [0, 0.05) is 5.69 Å². The van der Waals surface area contributed by atoms with Crippen molar-refractivity contribution in [2.75, 3.05) is 12.8 Å². The second-order valence-corrected chi connectivity index (χ2v) is 4.57. The number of nitrogen functional groups attached to an aromatic ring is 1. The van der Waals surface area contributed by atoms with E-state index in [0.717, 1.165) is 5.69 Å². The van der Waals surface area contributed by atoms with Gasteiger partial charge in [-0.1, -0.05) is 6.07 Å². The average Bonchev–Trinajstić information content (AvgIpc) is 2.81. The van der Waals surface area contributed by atoms with Crippen molar-refractivity contribution in [1.29, 1.82) is 5.26 Å². The van der Waals surface area contributed by atoms with E-state index >= 15 is 0 Å². The van der Waals surface area contributed by atoms with Crippen LogP contribution < -0.4 is 10.5 Å². The van der Waals surface area contributed by atoms with Gasteiger partial charge >= 0.3 is 0 Å². The maximum atomic E-state index is 9.35. The smallest absolute Gasteiger partial charge is 0.207 e. The number of aryl methyl sites for hydroxylation is 1. The third kappa shape index (κ3) is 1.96. The first-order valence-corrected chi connectivity index (χ1v) is 6.34. The van der Waals surface area contributed by atoms with Crippen molar-refractivity contribution in [2.24, 2.45) is 0 Å². The van der Waals surface area contributed by atoms with Crippen LogP contribution in [-0.2, 0) is 0 Å². The summed E-state index contributed by atoms with van der Waals surface area (Å²) in [5, 5.41) is 9.35. The number of methoxy groups -OCH3 is 1. The lowest BCUT2D eigenvalue weighted by molar-refractivity contribution is 0.413. The van der Waals surface area contributed by atoms with Crippen molar-refractivity contribution in [1.82, 2.24) is 14.5 Å². The Kier molecular flexibility index (Phi) is 2.95. The molecule has 6 nitrogen and oxygen atoms in total. The van der Waals surface area contributed by atoms with E-state index in [1.54, 1.807) is 29.9 Å². The summed E-state index contributed by atoms with van der Waals surface area (Å²) in [6.07, 6.45) is 0. The molecular formula is C15H13N5O. The van der Waals surface area contributed by atoms with Gasteiger partial charge in [-0.05, 0) is 31.2 Å². The number of pyridine rings is 1. The number of hydrogen-bond acceptors (Lipinski definition) is 5. The molecule has 0 atom stereocenters. The van der Waals surface area contributed by atoms with Crippen molar-refractivity contribution >= 4 is 17.1 Å². The van der Waals surface area contributed by atoms with Gasteiger partial charge in [-0.25, -0.2) is 9.97 Å². The number of aromatic nitrogens is 3. The topological polar surface area (TPSA) is 89.8 Å². The number of para-hydroxylation sites is 1. The largest absolute Gasteiger partial charge is 0.495 e. The van der Waals surface area contributed by atoms with Crippen LogP contribution in [0.15, 0.2) is 30.3 Å². The summed E-state index contributed by atoms with van der Waals surface area (Å²) in [6.45, 7) is 1.89. The predicted octanol–water partition coefficient (Wildman–Crippen LogP) is 2.19. The molecule has 0 spiro atoms. The van der Waals surface area contributed by atoms with Gasteiger partial charge in [0.25, 0.3) is 0 Å². The molecule has 0 amide bonds. The van der Waals surface area contributed by atoms with Crippen molar-refractivity contribution < 1.29 is 4.74 Å². The number of benzene rings is 1. The molecule has 0 saturated heterocycles. The Hall–Kier alpha value is -3.07. The standard InChI is InChI=1S/C15H13N5O/c1-9-6-7-11-14(18-9)20(15(17)19-11)13-10(8-16)4-3-5-12(13)21-2/h3-7H,1-2H3,(H2,17,19). The van der Waals surface area contributed by atoms with E-state index in [4.69, 9.17) is 10.5 Å². The van der Waals surface area contributed by atoms with E-state index < -0.39 is 0 Å². The van der Waals surface area contributed by atoms with Gasteiger partial charge in [0.1, 0.15) is 23.0 Å². The number of imidazole rings is 1. The maximum Gasteiger partial charge on any atom is 0.207 e. The Labute approximate surface area is 121 Å². The molecule has 104 valence electrons. The van der Waals surface area contributed by atoms with Crippen LogP contribution in [0.3, 0.4) is 0 Å². The molecule has 0 bridgehead atoms. The highest BCUT2D eigenvalue weighted by Gasteiger charge is 2.18. The first-order valence-electron chi connectivity index (χ1n) is 6.34. The minimum Gasteiger partial charge on any atom is -0.495 e. The summed E-state index contributed by atoms with van der Waals surface area (Å²) in [7, 11) is 1.55. The van der Waals surface area contributed by atoms with Crippen molar-refractivity contribution in [3.8, 4) is 17.5 Å². The number of hydrogen-bond donors (Lipinski definition) is 1. The molecule has 6 heteroatoms. The average molecular weight is 279 g/mol. The Morgan fingerprint density at radius 2 is 2.05 bits per heavy atom. The number of anilines is 1. The van der Waals surface area contributed by atoms with E-state index in [9.17, 15) is 5.26 Å². The molecule has 2 heterocycles. The lowest BCUT2D eigenvalue weighted by Crippen LogP contribution is -2.06. The van der Waals surface area contributed by atoms with Crippen LogP contribution in [0.25, 0.3) is 16.9 Å². The minimum atomic E-state index is 0.268. The monoisotopic (exact) mass is 279 g/mol. The summed E-state index contributed by atoms with van der Waals surface area (Å²) in [6, 6.07) is 11.1. The third-order valence-electron chi connectivity index (χ3n) is 3.23. The molecule has 1 aromatic carbocycles. The lowest BCUT2D eigenvalue weighted by Gasteiger charge is -2.12. The molecule has 0 radical (unpaired) electrons. The number of ether oxygens (including phenoxy) is 1. The fourth-order valence-electron chi connectivity index (χ4n) is 2.30. The zero-order chi connectivity index (χ0) is 15.0. The van der Waals surface area contributed by atoms with Gasteiger partial charge in [-0.15, -0.1) is 0 Å². The van der Waals surface area contributed by atoms with E-state index in [1.807, 2.05) is 19.1 Å². The summed E-state index contributed by atoms with van der Waals surface area (Å²) >= 11 is 0. The summed E-state index contributed by atoms with van der Waals surface area (Å²) in [5.41, 5.74) is 9.16. The fourth-order valence-corrected chi connectivity index (χ4v) is 2.30. The Morgan fingerprint density at radius 3 is 2.76 bits per heavy atom. The first-order chi connectivity index (χ1) is 10.2. The maximum absolute atomic E-state index is 9.35. The predicted molar refractivity (Wildman–Crippen MR) is 79.3 cm³/mol. The van der Waals surface area contributed by atoms with E-state index in [1.165, 1.54) is 0 Å². The molecule has 0 fully saturated rings. The van der Waals surface area contributed by atoms with Gasteiger partial charge in [0.15, 0.2) is 5.65 Å². The SMILES string of the molecule is COc1cccc(C#N)c1-n1c(N)nc2ccc(C)nc21. The summed E-state index contributed by atoms with van der Waals surface area (Å²) in [4.78, 5) is 8.77. The Bertz CT molecular complexity index is 876. The van der Waals surface area contributed by atoms with Crippen LogP contribution in [0, 0.1) is 18.3 Å². The summed E-state index contributed by atoms with van der Waals surface area (Å²) in [5.74, 6) is 0.812. The lowest BCUT2D eigenvalue weighted by atomic mass is 10.1. The molecule has 3 rings (SSSR count). The second kappa shape index (κ2) is 4.80. The van der Waals surface area contributed by atoms with E-state index in [2.05, 4.69) is 16.0 Å². The molecule has 0 saturated carbocycles. The van der Waals surface area contributed by atoms with E-state index in [-0.39, 0.29) is 5.95 Å². The number of rotatable bonds is 2.